The lowest BCUT2D eigenvalue weighted by Crippen LogP contribution is -1.97. The van der Waals surface area contributed by atoms with E-state index in [0.717, 1.165) is 50.0 Å². The van der Waals surface area contributed by atoms with Gasteiger partial charge in [0.15, 0.2) is 0 Å². The molecule has 3 heteroatoms. The zero-order valence-electron chi connectivity index (χ0n) is 23.3. The topological polar surface area (TPSA) is 30.7 Å². The molecular formula is C40H25N3. The third-order valence-electron chi connectivity index (χ3n) is 8.55. The Morgan fingerprint density at radius 3 is 1.63 bits per heavy atom. The Labute approximate surface area is 248 Å². The first-order valence-corrected chi connectivity index (χ1v) is 14.6. The van der Waals surface area contributed by atoms with Gasteiger partial charge in [-0.2, -0.15) is 0 Å². The molecule has 0 unspecified atom stereocenters. The van der Waals surface area contributed by atoms with E-state index in [9.17, 15) is 0 Å². The maximum Gasteiger partial charge on any atom is 0.0979 e. The lowest BCUT2D eigenvalue weighted by molar-refractivity contribution is 1.19. The van der Waals surface area contributed by atoms with E-state index in [1.165, 1.54) is 32.6 Å². The van der Waals surface area contributed by atoms with Gasteiger partial charge in [0, 0.05) is 33.0 Å². The Hall–Kier alpha value is -5.80. The van der Waals surface area contributed by atoms with Crippen LogP contribution in [-0.4, -0.2) is 14.5 Å². The molecule has 0 saturated heterocycles. The van der Waals surface area contributed by atoms with E-state index < -0.39 is 0 Å². The summed E-state index contributed by atoms with van der Waals surface area (Å²) in [5.74, 6) is 0. The molecule has 0 spiro atoms. The first kappa shape index (κ1) is 23.9. The summed E-state index contributed by atoms with van der Waals surface area (Å²) < 4.78 is 2.38. The molecule has 7 aromatic carbocycles. The van der Waals surface area contributed by atoms with Crippen LogP contribution in [0.1, 0.15) is 0 Å². The van der Waals surface area contributed by atoms with E-state index in [1.54, 1.807) is 0 Å². The molecule has 0 radical (unpaired) electrons. The molecule has 2 heterocycles. The lowest BCUT2D eigenvalue weighted by atomic mass is 9.98. The number of aromatic nitrogens is 3. The minimum Gasteiger partial charge on any atom is -0.309 e. The fourth-order valence-corrected chi connectivity index (χ4v) is 6.58. The number of hydrogen-bond donors (Lipinski definition) is 0. The van der Waals surface area contributed by atoms with Crippen molar-refractivity contribution in [2.75, 3.05) is 0 Å². The lowest BCUT2D eigenvalue weighted by Gasteiger charge is -2.14. The van der Waals surface area contributed by atoms with Crippen molar-refractivity contribution in [3.05, 3.63) is 152 Å². The SMILES string of the molecule is c1ccc(-c2nc3ccc4ccc5ccc(-n6c7ccccc7c7ccccc76)cc5c4c3nc2-c2ccccc2)cc1. The molecular weight excluding hydrogens is 522 g/mol. The second-order valence-electron chi connectivity index (χ2n) is 11.0. The summed E-state index contributed by atoms with van der Waals surface area (Å²) in [5, 5.41) is 7.15. The quantitative estimate of drug-likeness (QED) is 0.206. The number of benzene rings is 7. The van der Waals surface area contributed by atoms with Crippen molar-refractivity contribution in [1.29, 1.82) is 0 Å². The molecule has 3 nitrogen and oxygen atoms in total. The maximum atomic E-state index is 5.42. The van der Waals surface area contributed by atoms with E-state index in [4.69, 9.17) is 9.97 Å². The number of nitrogens with zero attached hydrogens (tertiary/aromatic N) is 3. The van der Waals surface area contributed by atoms with E-state index in [-0.39, 0.29) is 0 Å². The Kier molecular flexibility index (Phi) is 5.20. The number of rotatable bonds is 3. The summed E-state index contributed by atoms with van der Waals surface area (Å²) in [6.07, 6.45) is 0. The van der Waals surface area contributed by atoms with Gasteiger partial charge in [-0.15, -0.1) is 0 Å². The van der Waals surface area contributed by atoms with Crippen molar-refractivity contribution in [3.8, 4) is 28.2 Å². The molecule has 0 saturated carbocycles. The van der Waals surface area contributed by atoms with Crippen molar-refractivity contribution in [2.24, 2.45) is 0 Å². The first-order chi connectivity index (χ1) is 21.3. The van der Waals surface area contributed by atoms with Crippen LogP contribution in [0.3, 0.4) is 0 Å². The molecule has 0 fully saturated rings. The second-order valence-corrected chi connectivity index (χ2v) is 11.0. The van der Waals surface area contributed by atoms with E-state index >= 15 is 0 Å². The number of hydrogen-bond acceptors (Lipinski definition) is 2. The summed E-state index contributed by atoms with van der Waals surface area (Å²) in [6.45, 7) is 0. The van der Waals surface area contributed by atoms with Crippen molar-refractivity contribution >= 4 is 54.4 Å². The van der Waals surface area contributed by atoms with Crippen LogP contribution in [0.25, 0.3) is 82.6 Å². The van der Waals surface area contributed by atoms with Gasteiger partial charge >= 0.3 is 0 Å². The van der Waals surface area contributed by atoms with E-state index in [0.29, 0.717) is 0 Å². The van der Waals surface area contributed by atoms with Gasteiger partial charge in [-0.1, -0.05) is 121 Å². The van der Waals surface area contributed by atoms with Crippen molar-refractivity contribution in [3.63, 3.8) is 0 Å². The largest absolute Gasteiger partial charge is 0.309 e. The summed E-state index contributed by atoms with van der Waals surface area (Å²) >= 11 is 0. The molecule has 0 amide bonds. The summed E-state index contributed by atoms with van der Waals surface area (Å²) in [7, 11) is 0. The highest BCUT2D eigenvalue weighted by atomic mass is 15.0. The van der Waals surface area contributed by atoms with Crippen LogP contribution >= 0.6 is 0 Å². The summed E-state index contributed by atoms with van der Waals surface area (Å²) in [5.41, 5.74) is 9.24. The first-order valence-electron chi connectivity index (χ1n) is 14.6. The van der Waals surface area contributed by atoms with E-state index in [2.05, 4.69) is 144 Å². The number of para-hydroxylation sites is 2. The van der Waals surface area contributed by atoms with Gasteiger partial charge in [-0.05, 0) is 46.5 Å². The Morgan fingerprint density at radius 1 is 0.419 bits per heavy atom. The standard InChI is InChI=1S/C40H25N3/c1-3-11-28(12-4-1)38-39(29-13-5-2-6-14-29)42-40-34(41-38)24-22-27-20-19-26-21-23-30(25-33(26)37(27)40)43-35-17-9-7-15-31(35)32-16-8-10-18-36(32)43/h1-25H. The van der Waals surface area contributed by atoms with Gasteiger partial charge in [-0.25, -0.2) is 9.97 Å². The molecule has 0 atom stereocenters. The van der Waals surface area contributed by atoms with Crippen LogP contribution in [0.15, 0.2) is 152 Å². The Bertz CT molecular complexity index is 2440. The van der Waals surface area contributed by atoms with Gasteiger partial charge in [0.2, 0.25) is 0 Å². The molecule has 0 bridgehead atoms. The smallest absolute Gasteiger partial charge is 0.0979 e. The molecule has 9 rings (SSSR count). The summed E-state index contributed by atoms with van der Waals surface area (Å²) in [6, 6.07) is 53.6. The molecule has 2 aromatic heterocycles. The van der Waals surface area contributed by atoms with Crippen molar-refractivity contribution in [2.45, 2.75) is 0 Å². The van der Waals surface area contributed by atoms with Gasteiger partial charge in [0.25, 0.3) is 0 Å². The van der Waals surface area contributed by atoms with Gasteiger partial charge in [0.05, 0.1) is 33.5 Å². The second kappa shape index (κ2) is 9.37. The highest BCUT2D eigenvalue weighted by molar-refractivity contribution is 6.19. The predicted molar refractivity (Wildman–Crippen MR) is 180 cm³/mol. The molecule has 0 N–H and O–H groups in total. The van der Waals surface area contributed by atoms with Crippen LogP contribution in [0, 0.1) is 0 Å². The zero-order chi connectivity index (χ0) is 28.3. The average molecular weight is 548 g/mol. The Balaban J connectivity index is 1.38. The molecule has 0 aliphatic heterocycles. The fourth-order valence-electron chi connectivity index (χ4n) is 6.58. The van der Waals surface area contributed by atoms with Crippen LogP contribution in [0.5, 0.6) is 0 Å². The van der Waals surface area contributed by atoms with Gasteiger partial charge in [0.1, 0.15) is 0 Å². The zero-order valence-corrected chi connectivity index (χ0v) is 23.3. The fraction of sp³-hybridized carbons (Fsp3) is 0. The van der Waals surface area contributed by atoms with Crippen LogP contribution in [-0.2, 0) is 0 Å². The van der Waals surface area contributed by atoms with Crippen molar-refractivity contribution < 1.29 is 0 Å². The minimum absolute atomic E-state index is 0.890. The maximum absolute atomic E-state index is 5.42. The number of fused-ring (bicyclic) bond motifs is 8. The molecule has 43 heavy (non-hydrogen) atoms. The van der Waals surface area contributed by atoms with Crippen LogP contribution < -0.4 is 0 Å². The predicted octanol–water partition coefficient (Wildman–Crippen LogP) is 10.4. The molecule has 9 aromatic rings. The van der Waals surface area contributed by atoms with Gasteiger partial charge in [-0.3, -0.25) is 0 Å². The van der Waals surface area contributed by atoms with Crippen LogP contribution in [0.2, 0.25) is 0 Å². The highest BCUT2D eigenvalue weighted by Crippen LogP contribution is 2.38. The average Bonchev–Trinajstić information content (AvgIpc) is 3.42. The molecule has 200 valence electrons. The third-order valence-corrected chi connectivity index (χ3v) is 8.55. The van der Waals surface area contributed by atoms with Crippen molar-refractivity contribution in [1.82, 2.24) is 14.5 Å². The molecule has 0 aliphatic rings. The monoisotopic (exact) mass is 547 g/mol. The highest BCUT2D eigenvalue weighted by Gasteiger charge is 2.17. The third kappa shape index (κ3) is 3.68. The summed E-state index contributed by atoms with van der Waals surface area (Å²) in [4.78, 5) is 10.7. The molecule has 0 aliphatic carbocycles. The minimum atomic E-state index is 0.890. The Morgan fingerprint density at radius 2 is 0.953 bits per heavy atom. The normalized spacial score (nSPS) is 11.7. The van der Waals surface area contributed by atoms with Gasteiger partial charge < -0.3 is 4.57 Å². The van der Waals surface area contributed by atoms with Crippen LogP contribution in [0.4, 0.5) is 0 Å². The van der Waals surface area contributed by atoms with E-state index in [1.807, 2.05) is 12.1 Å².